The number of aromatic nitrogens is 2. The van der Waals surface area contributed by atoms with Crippen LogP contribution in [-0.2, 0) is 12.8 Å². The zero-order chi connectivity index (χ0) is 12.8. The minimum atomic E-state index is 0.686. The number of hydrogen-bond acceptors (Lipinski definition) is 6. The van der Waals surface area contributed by atoms with E-state index in [1.807, 2.05) is 0 Å². The summed E-state index contributed by atoms with van der Waals surface area (Å²) in [6.45, 7) is 2.92. The molecule has 0 saturated carbocycles. The van der Waals surface area contributed by atoms with E-state index in [0.29, 0.717) is 5.82 Å². The van der Waals surface area contributed by atoms with Crippen molar-refractivity contribution in [2.75, 3.05) is 17.3 Å². The Morgan fingerprint density at radius 1 is 1.33 bits per heavy atom. The summed E-state index contributed by atoms with van der Waals surface area (Å²) in [7, 11) is 0. The molecule has 0 aliphatic heterocycles. The molecule has 2 heterocycles. The average molecular weight is 263 g/mol. The molecule has 4 N–H and O–H groups in total. The Morgan fingerprint density at radius 2 is 2.17 bits per heavy atom. The fraction of sp³-hybridized carbons (Fsp3) is 0.333. The quantitative estimate of drug-likeness (QED) is 0.549. The van der Waals surface area contributed by atoms with Crippen molar-refractivity contribution in [2.45, 2.75) is 19.8 Å². The van der Waals surface area contributed by atoms with Gasteiger partial charge in [0.05, 0.1) is 0 Å². The number of hydrogen-bond donors (Lipinski definition) is 3. The molecule has 0 aliphatic rings. The first-order valence-corrected chi connectivity index (χ1v) is 6.79. The van der Waals surface area contributed by atoms with Crippen LogP contribution in [0.15, 0.2) is 23.8 Å². The van der Waals surface area contributed by atoms with Crippen molar-refractivity contribution in [3.05, 3.63) is 34.3 Å². The molecule has 0 atom stereocenters. The fourth-order valence-corrected chi connectivity index (χ4v) is 2.49. The van der Waals surface area contributed by atoms with Crippen LogP contribution in [0.1, 0.15) is 17.4 Å². The van der Waals surface area contributed by atoms with E-state index in [4.69, 9.17) is 5.84 Å². The van der Waals surface area contributed by atoms with Gasteiger partial charge in [-0.2, -0.15) is 0 Å². The monoisotopic (exact) mass is 263 g/mol. The van der Waals surface area contributed by atoms with Crippen LogP contribution in [-0.4, -0.2) is 16.5 Å². The van der Waals surface area contributed by atoms with Gasteiger partial charge in [0.25, 0.3) is 0 Å². The number of nitrogen functional groups attached to an aromatic ring is 1. The van der Waals surface area contributed by atoms with E-state index in [2.05, 4.69) is 45.1 Å². The van der Waals surface area contributed by atoms with E-state index in [9.17, 15) is 0 Å². The Morgan fingerprint density at radius 3 is 2.83 bits per heavy atom. The third-order valence-electron chi connectivity index (χ3n) is 2.68. The van der Waals surface area contributed by atoms with Crippen molar-refractivity contribution >= 4 is 23.0 Å². The molecule has 96 valence electrons. The molecule has 5 nitrogen and oxygen atoms in total. The predicted octanol–water partition coefficient (Wildman–Crippen LogP) is 2.04. The van der Waals surface area contributed by atoms with Gasteiger partial charge < -0.3 is 10.7 Å². The van der Waals surface area contributed by atoms with Gasteiger partial charge in [-0.05, 0) is 24.3 Å². The number of rotatable bonds is 6. The van der Waals surface area contributed by atoms with Crippen LogP contribution in [0.4, 0.5) is 11.6 Å². The molecule has 2 rings (SSSR count). The van der Waals surface area contributed by atoms with Crippen molar-refractivity contribution in [3.8, 4) is 0 Å². The molecule has 0 unspecified atom stereocenters. The average Bonchev–Trinajstić information content (AvgIpc) is 2.91. The highest BCUT2D eigenvalue weighted by molar-refractivity contribution is 7.09. The molecule has 0 bridgehead atoms. The number of thiophene rings is 1. The number of nitrogens with two attached hydrogens (primary N) is 1. The molecule has 2 aromatic rings. The van der Waals surface area contributed by atoms with Gasteiger partial charge in [0.2, 0.25) is 0 Å². The Hall–Kier alpha value is -1.66. The van der Waals surface area contributed by atoms with Gasteiger partial charge in [-0.1, -0.05) is 13.0 Å². The third kappa shape index (κ3) is 2.96. The summed E-state index contributed by atoms with van der Waals surface area (Å²) in [6, 6.07) is 4.21. The van der Waals surface area contributed by atoms with Crippen molar-refractivity contribution in [3.63, 3.8) is 0 Å². The molecule has 0 spiro atoms. The van der Waals surface area contributed by atoms with Gasteiger partial charge in [0, 0.05) is 17.0 Å². The first kappa shape index (κ1) is 12.8. The summed E-state index contributed by atoms with van der Waals surface area (Å²) < 4.78 is 0. The second kappa shape index (κ2) is 6.32. The largest absolute Gasteiger partial charge is 0.369 e. The zero-order valence-corrected chi connectivity index (χ0v) is 11.1. The molecule has 0 fully saturated rings. The second-order valence-electron chi connectivity index (χ2n) is 3.80. The minimum absolute atomic E-state index is 0.686. The summed E-state index contributed by atoms with van der Waals surface area (Å²) >= 11 is 1.77. The van der Waals surface area contributed by atoms with E-state index in [0.717, 1.165) is 30.8 Å². The van der Waals surface area contributed by atoms with Crippen LogP contribution in [0.3, 0.4) is 0 Å². The maximum absolute atomic E-state index is 5.43. The van der Waals surface area contributed by atoms with Crippen LogP contribution in [0.5, 0.6) is 0 Å². The normalized spacial score (nSPS) is 10.3. The Labute approximate surface area is 110 Å². The molecule has 0 aromatic carbocycles. The zero-order valence-electron chi connectivity index (χ0n) is 10.3. The topological polar surface area (TPSA) is 75.9 Å². The van der Waals surface area contributed by atoms with E-state index in [1.54, 1.807) is 11.3 Å². The number of anilines is 2. The predicted molar refractivity (Wildman–Crippen MR) is 75.7 cm³/mol. The van der Waals surface area contributed by atoms with Crippen LogP contribution in [0, 0.1) is 0 Å². The van der Waals surface area contributed by atoms with E-state index in [-0.39, 0.29) is 0 Å². The second-order valence-corrected chi connectivity index (χ2v) is 4.84. The SMILES string of the molecule is CCc1c(NN)ncnc1NCCc1cccs1. The Balaban J connectivity index is 2.00. The number of nitrogens with zero attached hydrogens (tertiary/aromatic N) is 2. The lowest BCUT2D eigenvalue weighted by atomic mass is 10.2. The standard InChI is InChI=1S/C12H17N5S/c1-2-10-11(15-8-16-12(10)17-13)14-6-5-9-4-3-7-18-9/h3-4,7-8H,2,5-6,13H2,1H3,(H2,14,15,16,17). The highest BCUT2D eigenvalue weighted by Gasteiger charge is 2.08. The smallest absolute Gasteiger partial charge is 0.148 e. The van der Waals surface area contributed by atoms with E-state index in [1.165, 1.54) is 11.2 Å². The Bertz CT molecular complexity index is 483. The fourth-order valence-electron chi connectivity index (χ4n) is 1.78. The number of hydrazine groups is 1. The lowest BCUT2D eigenvalue weighted by molar-refractivity contribution is 0.981. The first-order valence-electron chi connectivity index (χ1n) is 5.92. The molecule has 2 aromatic heterocycles. The Kier molecular flexibility index (Phi) is 4.49. The van der Waals surface area contributed by atoms with Crippen molar-refractivity contribution in [1.29, 1.82) is 0 Å². The highest BCUT2D eigenvalue weighted by atomic mass is 32.1. The van der Waals surface area contributed by atoms with Gasteiger partial charge in [-0.25, -0.2) is 15.8 Å². The summed E-state index contributed by atoms with van der Waals surface area (Å²) in [5.41, 5.74) is 3.62. The van der Waals surface area contributed by atoms with Crippen molar-refractivity contribution in [2.24, 2.45) is 5.84 Å². The summed E-state index contributed by atoms with van der Waals surface area (Å²) in [6.07, 6.45) is 3.35. The lowest BCUT2D eigenvalue weighted by Crippen LogP contribution is -2.14. The molecule has 18 heavy (non-hydrogen) atoms. The van der Waals surface area contributed by atoms with Gasteiger partial charge >= 0.3 is 0 Å². The molecule has 6 heteroatoms. The van der Waals surface area contributed by atoms with Crippen LogP contribution >= 0.6 is 11.3 Å². The van der Waals surface area contributed by atoms with E-state index >= 15 is 0 Å². The van der Waals surface area contributed by atoms with Gasteiger partial charge in [0.1, 0.15) is 18.0 Å². The molecule has 0 aliphatic carbocycles. The summed E-state index contributed by atoms with van der Waals surface area (Å²) in [5.74, 6) is 6.98. The van der Waals surface area contributed by atoms with Crippen molar-refractivity contribution < 1.29 is 0 Å². The molecule has 0 radical (unpaired) electrons. The first-order chi connectivity index (χ1) is 8.85. The summed E-state index contributed by atoms with van der Waals surface area (Å²) in [4.78, 5) is 9.73. The van der Waals surface area contributed by atoms with Crippen LogP contribution in [0.25, 0.3) is 0 Å². The van der Waals surface area contributed by atoms with Gasteiger partial charge in [-0.15, -0.1) is 11.3 Å². The number of nitrogens with one attached hydrogen (secondary N) is 2. The highest BCUT2D eigenvalue weighted by Crippen LogP contribution is 2.19. The third-order valence-corrected chi connectivity index (χ3v) is 3.62. The minimum Gasteiger partial charge on any atom is -0.369 e. The maximum atomic E-state index is 5.43. The van der Waals surface area contributed by atoms with Crippen molar-refractivity contribution in [1.82, 2.24) is 9.97 Å². The molecule has 0 amide bonds. The molecular formula is C12H17N5S. The lowest BCUT2D eigenvalue weighted by Gasteiger charge is -2.12. The van der Waals surface area contributed by atoms with Gasteiger partial charge in [0.15, 0.2) is 0 Å². The van der Waals surface area contributed by atoms with Crippen LogP contribution in [0.2, 0.25) is 0 Å². The van der Waals surface area contributed by atoms with E-state index < -0.39 is 0 Å². The summed E-state index contributed by atoms with van der Waals surface area (Å²) in [5, 5.41) is 5.43. The maximum Gasteiger partial charge on any atom is 0.148 e. The molecular weight excluding hydrogens is 246 g/mol. The van der Waals surface area contributed by atoms with Crippen LogP contribution < -0.4 is 16.6 Å². The molecule has 0 saturated heterocycles. The van der Waals surface area contributed by atoms with Gasteiger partial charge in [-0.3, -0.25) is 0 Å².